The first-order valence-electron chi connectivity index (χ1n) is 4.53. The Kier molecular flexibility index (Phi) is 2.42. The molecule has 0 aromatic carbocycles. The van der Waals surface area contributed by atoms with Crippen molar-refractivity contribution in [1.29, 1.82) is 0 Å². The molecular weight excluding hydrogens is 262 g/mol. The SMILES string of the molecule is COc1cncc(Br)c1C1(C(=O)O)CC1. The maximum absolute atomic E-state index is 11.2. The summed E-state index contributed by atoms with van der Waals surface area (Å²) in [6.45, 7) is 0. The van der Waals surface area contributed by atoms with E-state index in [-0.39, 0.29) is 0 Å². The Morgan fingerprint density at radius 3 is 2.73 bits per heavy atom. The summed E-state index contributed by atoms with van der Waals surface area (Å²) in [5.74, 6) is -0.267. The Labute approximate surface area is 95.4 Å². The highest BCUT2D eigenvalue weighted by Crippen LogP contribution is 2.53. The number of nitrogens with zero attached hydrogens (tertiary/aromatic N) is 1. The van der Waals surface area contributed by atoms with E-state index >= 15 is 0 Å². The first kappa shape index (κ1) is 10.4. The lowest BCUT2D eigenvalue weighted by molar-refractivity contribution is -0.140. The van der Waals surface area contributed by atoms with Gasteiger partial charge in [-0.3, -0.25) is 9.78 Å². The quantitative estimate of drug-likeness (QED) is 0.913. The lowest BCUT2D eigenvalue weighted by atomic mass is 9.96. The number of carboxylic acid groups (broad SMARTS) is 1. The summed E-state index contributed by atoms with van der Waals surface area (Å²) in [5, 5.41) is 9.20. The molecule has 0 radical (unpaired) electrons. The molecule has 0 saturated heterocycles. The average Bonchev–Trinajstić information content (AvgIpc) is 2.98. The Hall–Kier alpha value is -1.10. The van der Waals surface area contributed by atoms with Gasteiger partial charge in [0, 0.05) is 16.2 Å². The molecule has 5 heteroatoms. The molecule has 1 aliphatic carbocycles. The number of carbonyl (C=O) groups is 1. The van der Waals surface area contributed by atoms with Crippen LogP contribution < -0.4 is 4.74 Å². The summed E-state index contributed by atoms with van der Waals surface area (Å²) >= 11 is 3.33. The van der Waals surface area contributed by atoms with Gasteiger partial charge < -0.3 is 9.84 Å². The van der Waals surface area contributed by atoms with Crippen LogP contribution in [-0.2, 0) is 10.2 Å². The van der Waals surface area contributed by atoms with E-state index in [1.165, 1.54) is 7.11 Å². The zero-order valence-electron chi connectivity index (χ0n) is 8.16. The monoisotopic (exact) mass is 271 g/mol. The van der Waals surface area contributed by atoms with E-state index in [1.54, 1.807) is 12.4 Å². The predicted molar refractivity (Wildman–Crippen MR) is 57.0 cm³/mol. The van der Waals surface area contributed by atoms with Crippen molar-refractivity contribution < 1.29 is 14.6 Å². The van der Waals surface area contributed by atoms with Crippen LogP contribution in [0.1, 0.15) is 18.4 Å². The highest BCUT2D eigenvalue weighted by atomic mass is 79.9. The van der Waals surface area contributed by atoms with Crippen molar-refractivity contribution in [1.82, 2.24) is 4.98 Å². The van der Waals surface area contributed by atoms with Crippen molar-refractivity contribution in [2.24, 2.45) is 0 Å². The summed E-state index contributed by atoms with van der Waals surface area (Å²) in [7, 11) is 1.52. The van der Waals surface area contributed by atoms with Crippen LogP contribution >= 0.6 is 15.9 Å². The number of hydrogen-bond donors (Lipinski definition) is 1. The molecule has 1 saturated carbocycles. The number of carboxylic acids is 1. The molecule has 1 aromatic heterocycles. The van der Waals surface area contributed by atoms with Gasteiger partial charge in [-0.1, -0.05) is 0 Å². The first-order chi connectivity index (χ1) is 7.12. The number of methoxy groups -OCH3 is 1. The van der Waals surface area contributed by atoms with E-state index in [0.29, 0.717) is 28.6 Å². The largest absolute Gasteiger partial charge is 0.495 e. The molecule has 1 aromatic rings. The van der Waals surface area contributed by atoms with Crippen LogP contribution in [0.3, 0.4) is 0 Å². The molecule has 0 amide bonds. The third-order valence-electron chi connectivity index (χ3n) is 2.72. The number of rotatable bonds is 3. The van der Waals surface area contributed by atoms with Gasteiger partial charge in [0.05, 0.1) is 18.7 Å². The van der Waals surface area contributed by atoms with Crippen LogP contribution in [0.15, 0.2) is 16.9 Å². The van der Waals surface area contributed by atoms with Gasteiger partial charge in [0.25, 0.3) is 0 Å². The fourth-order valence-corrected chi connectivity index (χ4v) is 2.43. The minimum Gasteiger partial charge on any atom is -0.495 e. The maximum atomic E-state index is 11.2. The van der Waals surface area contributed by atoms with Crippen molar-refractivity contribution in [3.63, 3.8) is 0 Å². The van der Waals surface area contributed by atoms with Crippen LogP contribution in [0, 0.1) is 0 Å². The minimum atomic E-state index is -0.798. The van der Waals surface area contributed by atoms with E-state index in [4.69, 9.17) is 4.74 Å². The van der Waals surface area contributed by atoms with Crippen molar-refractivity contribution in [3.05, 3.63) is 22.4 Å². The Balaban J connectivity index is 2.56. The van der Waals surface area contributed by atoms with Crippen molar-refractivity contribution >= 4 is 21.9 Å². The summed E-state index contributed by atoms with van der Waals surface area (Å²) in [6.07, 6.45) is 4.45. The van der Waals surface area contributed by atoms with Gasteiger partial charge in [-0.15, -0.1) is 0 Å². The lowest BCUT2D eigenvalue weighted by Gasteiger charge is -2.15. The summed E-state index contributed by atoms with van der Waals surface area (Å²) < 4.78 is 5.84. The Bertz CT molecular complexity index is 415. The summed E-state index contributed by atoms with van der Waals surface area (Å²) in [5.41, 5.74) is -0.0693. The number of aromatic nitrogens is 1. The third-order valence-corrected chi connectivity index (χ3v) is 3.32. The number of aliphatic carboxylic acids is 1. The topological polar surface area (TPSA) is 59.4 Å². The van der Waals surface area contributed by atoms with Gasteiger partial charge in [0.2, 0.25) is 0 Å². The fraction of sp³-hybridized carbons (Fsp3) is 0.400. The highest BCUT2D eigenvalue weighted by Gasteiger charge is 2.54. The first-order valence-corrected chi connectivity index (χ1v) is 5.32. The van der Waals surface area contributed by atoms with Gasteiger partial charge in [-0.05, 0) is 28.8 Å². The van der Waals surface area contributed by atoms with Gasteiger partial charge in [-0.25, -0.2) is 0 Å². The summed E-state index contributed by atoms with van der Waals surface area (Å²) in [4.78, 5) is 15.2. The van der Waals surface area contributed by atoms with Crippen molar-refractivity contribution in [2.45, 2.75) is 18.3 Å². The summed E-state index contributed by atoms with van der Waals surface area (Å²) in [6, 6.07) is 0. The predicted octanol–water partition coefficient (Wildman–Crippen LogP) is 1.97. The van der Waals surface area contributed by atoms with Gasteiger partial charge in [-0.2, -0.15) is 0 Å². The van der Waals surface area contributed by atoms with Crippen LogP contribution in [0.5, 0.6) is 5.75 Å². The second-order valence-electron chi connectivity index (χ2n) is 3.59. The smallest absolute Gasteiger partial charge is 0.314 e. The van der Waals surface area contributed by atoms with Crippen LogP contribution in [-0.4, -0.2) is 23.2 Å². The molecule has 0 atom stereocenters. The average molecular weight is 272 g/mol. The van der Waals surface area contributed by atoms with Crippen molar-refractivity contribution in [3.8, 4) is 5.75 Å². The molecule has 0 spiro atoms. The van der Waals surface area contributed by atoms with Crippen LogP contribution in [0.4, 0.5) is 0 Å². The Morgan fingerprint density at radius 1 is 1.60 bits per heavy atom. The van der Waals surface area contributed by atoms with E-state index in [0.717, 1.165) is 0 Å². The third kappa shape index (κ3) is 1.51. The van der Waals surface area contributed by atoms with Crippen LogP contribution in [0.25, 0.3) is 0 Å². The molecule has 2 rings (SSSR count). The number of pyridine rings is 1. The Morgan fingerprint density at radius 2 is 2.27 bits per heavy atom. The highest BCUT2D eigenvalue weighted by molar-refractivity contribution is 9.10. The molecule has 80 valence electrons. The molecule has 1 heterocycles. The van der Waals surface area contributed by atoms with Crippen LogP contribution in [0.2, 0.25) is 0 Å². The van der Waals surface area contributed by atoms with Crippen molar-refractivity contribution in [2.75, 3.05) is 7.11 Å². The molecule has 0 aliphatic heterocycles. The van der Waals surface area contributed by atoms with Gasteiger partial charge in [0.15, 0.2) is 0 Å². The van der Waals surface area contributed by atoms with E-state index < -0.39 is 11.4 Å². The second kappa shape index (κ2) is 3.48. The number of ether oxygens (including phenoxy) is 1. The molecule has 1 fully saturated rings. The zero-order chi connectivity index (χ0) is 11.1. The van der Waals surface area contributed by atoms with E-state index in [2.05, 4.69) is 20.9 Å². The second-order valence-corrected chi connectivity index (χ2v) is 4.44. The molecule has 4 nitrogen and oxygen atoms in total. The van der Waals surface area contributed by atoms with Gasteiger partial charge >= 0.3 is 5.97 Å². The van der Waals surface area contributed by atoms with Gasteiger partial charge in [0.1, 0.15) is 5.75 Å². The minimum absolute atomic E-state index is 0.532. The molecule has 1 N–H and O–H groups in total. The van der Waals surface area contributed by atoms with E-state index in [9.17, 15) is 9.90 Å². The standard InChI is InChI=1S/C10H10BrNO3/c1-15-7-5-12-4-6(11)8(7)10(2-3-10)9(13)14/h4-5H,2-3H2,1H3,(H,13,14). The lowest BCUT2D eigenvalue weighted by Crippen LogP contribution is -2.21. The normalized spacial score (nSPS) is 17.2. The molecular formula is C10H10BrNO3. The number of halogens is 1. The van der Waals surface area contributed by atoms with E-state index in [1.807, 2.05) is 0 Å². The molecule has 15 heavy (non-hydrogen) atoms. The molecule has 0 bridgehead atoms. The fourth-order valence-electron chi connectivity index (χ4n) is 1.73. The number of hydrogen-bond acceptors (Lipinski definition) is 3. The molecule has 0 unspecified atom stereocenters. The molecule has 1 aliphatic rings. The zero-order valence-corrected chi connectivity index (χ0v) is 9.74. The maximum Gasteiger partial charge on any atom is 0.314 e.